The summed E-state index contributed by atoms with van der Waals surface area (Å²) in [6.07, 6.45) is 1.64. The maximum absolute atomic E-state index is 12.8. The number of fused-ring (bicyclic) bond motifs is 2. The van der Waals surface area contributed by atoms with Crippen molar-refractivity contribution in [2.24, 2.45) is 0 Å². The molecule has 0 unspecified atom stereocenters. The van der Waals surface area contributed by atoms with E-state index in [-0.39, 0.29) is 17.2 Å². The van der Waals surface area contributed by atoms with E-state index >= 15 is 0 Å². The first-order valence-electron chi connectivity index (χ1n) is 8.27. The minimum absolute atomic E-state index is 0.0797. The summed E-state index contributed by atoms with van der Waals surface area (Å²) >= 11 is 2.97. The Kier molecular flexibility index (Phi) is 4.65. The van der Waals surface area contributed by atoms with Crippen LogP contribution in [0.15, 0.2) is 46.8 Å². The van der Waals surface area contributed by atoms with Crippen molar-refractivity contribution in [1.82, 2.24) is 4.98 Å². The van der Waals surface area contributed by atoms with Gasteiger partial charge in [-0.25, -0.2) is 9.78 Å². The number of carbonyl (C=O) groups is 2. The number of amides is 1. The van der Waals surface area contributed by atoms with Gasteiger partial charge in [0, 0.05) is 6.54 Å². The van der Waals surface area contributed by atoms with Crippen LogP contribution in [0, 0.1) is 0 Å². The molecule has 2 heterocycles. The zero-order valence-corrected chi connectivity index (χ0v) is 15.5. The van der Waals surface area contributed by atoms with Crippen molar-refractivity contribution in [2.45, 2.75) is 17.2 Å². The van der Waals surface area contributed by atoms with E-state index in [1.54, 1.807) is 28.4 Å². The molecule has 4 rings (SSSR count). The number of thiazole rings is 1. The molecule has 0 fully saturated rings. The van der Waals surface area contributed by atoms with Crippen LogP contribution in [0.4, 0.5) is 5.69 Å². The van der Waals surface area contributed by atoms with Crippen molar-refractivity contribution in [3.8, 4) is 0 Å². The van der Waals surface area contributed by atoms with Crippen LogP contribution in [0.25, 0.3) is 10.2 Å². The lowest BCUT2D eigenvalue weighted by molar-refractivity contribution is -0.116. The van der Waals surface area contributed by atoms with Gasteiger partial charge in [-0.1, -0.05) is 36.0 Å². The van der Waals surface area contributed by atoms with E-state index in [1.165, 1.54) is 11.8 Å². The lowest BCUT2D eigenvalue weighted by Gasteiger charge is -2.30. The topological polar surface area (TPSA) is 70.5 Å². The summed E-state index contributed by atoms with van der Waals surface area (Å²) in [4.78, 5) is 30.5. The summed E-state index contributed by atoms with van der Waals surface area (Å²) < 4.78 is 1.95. The van der Waals surface area contributed by atoms with Crippen LogP contribution in [0.5, 0.6) is 0 Å². The summed E-state index contributed by atoms with van der Waals surface area (Å²) in [6, 6.07) is 13.1. The number of para-hydroxylation sites is 2. The molecule has 5 nitrogen and oxygen atoms in total. The third-order valence-corrected chi connectivity index (χ3v) is 6.51. The van der Waals surface area contributed by atoms with E-state index in [2.05, 4.69) is 4.98 Å². The zero-order valence-electron chi connectivity index (χ0n) is 13.8. The fourth-order valence-corrected chi connectivity index (χ4v) is 5.13. The number of carbonyl (C=O) groups excluding carboxylic acids is 1. The number of hydrogen-bond acceptors (Lipinski definition) is 5. The van der Waals surface area contributed by atoms with Crippen molar-refractivity contribution < 1.29 is 14.7 Å². The van der Waals surface area contributed by atoms with E-state index in [0.29, 0.717) is 12.2 Å². The van der Waals surface area contributed by atoms with Crippen LogP contribution in [0.2, 0.25) is 0 Å². The Hall–Kier alpha value is -2.38. The van der Waals surface area contributed by atoms with Crippen molar-refractivity contribution in [1.29, 1.82) is 0 Å². The van der Waals surface area contributed by atoms with Crippen LogP contribution in [-0.4, -0.2) is 34.3 Å². The first-order chi connectivity index (χ1) is 12.6. The Morgan fingerprint density at radius 3 is 2.85 bits per heavy atom. The van der Waals surface area contributed by atoms with Gasteiger partial charge in [-0.3, -0.25) is 4.79 Å². The molecule has 0 aliphatic carbocycles. The summed E-state index contributed by atoms with van der Waals surface area (Å²) in [5.41, 5.74) is 2.61. The van der Waals surface area contributed by atoms with Gasteiger partial charge < -0.3 is 10.0 Å². The predicted molar refractivity (Wildman–Crippen MR) is 104 cm³/mol. The maximum atomic E-state index is 12.8. The molecule has 0 spiro atoms. The van der Waals surface area contributed by atoms with E-state index in [9.17, 15) is 14.7 Å². The Bertz CT molecular complexity index is 966. The average molecular weight is 384 g/mol. The second-order valence-electron chi connectivity index (χ2n) is 6.00. The number of carboxylic acid groups (broad SMARTS) is 1. The standard InChI is InChI=1S/C19H16N2O3S2/c22-16(11-25-19-20-14-8-1-2-9-15(14)26-19)21-10-4-6-12-5-3-7-13(17(12)21)18(23)24/h1-3,5,7-9H,4,6,10-11H2,(H,23,24). The van der Waals surface area contributed by atoms with Crippen LogP contribution >= 0.6 is 23.1 Å². The molecular weight excluding hydrogens is 368 g/mol. The third kappa shape index (κ3) is 3.20. The number of nitrogens with zero attached hydrogens (tertiary/aromatic N) is 2. The highest BCUT2D eigenvalue weighted by molar-refractivity contribution is 8.01. The number of anilines is 1. The second-order valence-corrected chi connectivity index (χ2v) is 8.26. The normalized spacial score (nSPS) is 13.6. The molecule has 0 bridgehead atoms. The third-order valence-electron chi connectivity index (χ3n) is 4.34. The van der Waals surface area contributed by atoms with E-state index in [1.807, 2.05) is 30.3 Å². The molecule has 0 saturated carbocycles. The first-order valence-corrected chi connectivity index (χ1v) is 10.1. The van der Waals surface area contributed by atoms with Gasteiger partial charge >= 0.3 is 5.97 Å². The fraction of sp³-hybridized carbons (Fsp3) is 0.211. The Morgan fingerprint density at radius 2 is 2.04 bits per heavy atom. The molecule has 7 heteroatoms. The minimum atomic E-state index is -1.000. The lowest BCUT2D eigenvalue weighted by atomic mass is 9.97. The minimum Gasteiger partial charge on any atom is -0.478 e. The molecule has 1 N–H and O–H groups in total. The van der Waals surface area contributed by atoms with Gasteiger partial charge in [0.2, 0.25) is 5.91 Å². The molecule has 0 radical (unpaired) electrons. The van der Waals surface area contributed by atoms with Crippen LogP contribution in [0.1, 0.15) is 22.3 Å². The maximum Gasteiger partial charge on any atom is 0.337 e. The van der Waals surface area contributed by atoms with Crippen LogP contribution < -0.4 is 4.90 Å². The summed E-state index contributed by atoms with van der Waals surface area (Å²) in [5, 5.41) is 9.48. The number of carboxylic acids is 1. The van der Waals surface area contributed by atoms with Crippen LogP contribution in [-0.2, 0) is 11.2 Å². The smallest absolute Gasteiger partial charge is 0.337 e. The highest BCUT2D eigenvalue weighted by Crippen LogP contribution is 2.33. The zero-order chi connectivity index (χ0) is 18.1. The number of aromatic carboxylic acids is 1. The number of rotatable bonds is 4. The first kappa shape index (κ1) is 17.1. The molecule has 1 aliphatic heterocycles. The van der Waals surface area contributed by atoms with E-state index in [0.717, 1.165) is 33.0 Å². The van der Waals surface area contributed by atoms with Crippen molar-refractivity contribution in [3.63, 3.8) is 0 Å². The molecule has 3 aromatic rings. The highest BCUT2D eigenvalue weighted by Gasteiger charge is 2.27. The Balaban J connectivity index is 1.55. The second kappa shape index (κ2) is 7.09. The summed E-state index contributed by atoms with van der Waals surface area (Å²) in [6.45, 7) is 0.552. The predicted octanol–water partition coefficient (Wildman–Crippen LogP) is 4.07. The average Bonchev–Trinajstić information content (AvgIpc) is 3.08. The molecule has 1 aliphatic rings. The van der Waals surface area contributed by atoms with Crippen molar-refractivity contribution in [2.75, 3.05) is 17.2 Å². The highest BCUT2D eigenvalue weighted by atomic mass is 32.2. The molecule has 2 aromatic carbocycles. The molecule has 26 heavy (non-hydrogen) atoms. The van der Waals surface area contributed by atoms with Crippen molar-refractivity contribution >= 4 is 50.9 Å². The van der Waals surface area contributed by atoms with Gasteiger partial charge in [0.15, 0.2) is 4.34 Å². The fourth-order valence-electron chi connectivity index (χ4n) is 3.19. The van der Waals surface area contributed by atoms with Gasteiger partial charge in [0.1, 0.15) is 0 Å². The van der Waals surface area contributed by atoms with Gasteiger partial charge in [-0.2, -0.15) is 0 Å². The monoisotopic (exact) mass is 384 g/mol. The van der Waals surface area contributed by atoms with Gasteiger partial charge in [0.05, 0.1) is 27.2 Å². The Labute approximate surface area is 158 Å². The molecular formula is C19H16N2O3S2. The number of benzene rings is 2. The van der Waals surface area contributed by atoms with Gasteiger partial charge in [0.25, 0.3) is 0 Å². The molecule has 1 aromatic heterocycles. The van der Waals surface area contributed by atoms with Gasteiger partial charge in [-0.05, 0) is 36.6 Å². The number of thioether (sulfide) groups is 1. The quantitative estimate of drug-likeness (QED) is 0.687. The number of aromatic nitrogens is 1. The molecule has 132 valence electrons. The largest absolute Gasteiger partial charge is 0.478 e. The van der Waals surface area contributed by atoms with E-state index in [4.69, 9.17) is 0 Å². The molecule has 0 atom stereocenters. The molecule has 1 amide bonds. The number of hydrogen-bond donors (Lipinski definition) is 1. The molecule has 0 saturated heterocycles. The lowest BCUT2D eigenvalue weighted by Crippen LogP contribution is -2.38. The number of aryl methyl sites for hydroxylation is 1. The summed E-state index contributed by atoms with van der Waals surface area (Å²) in [5.74, 6) is -0.836. The van der Waals surface area contributed by atoms with Gasteiger partial charge in [-0.15, -0.1) is 11.3 Å². The van der Waals surface area contributed by atoms with E-state index < -0.39 is 5.97 Å². The van der Waals surface area contributed by atoms with Crippen LogP contribution in [0.3, 0.4) is 0 Å². The SMILES string of the molecule is O=C(O)c1cccc2c1N(C(=O)CSc1nc3ccccc3s1)CCC2. The van der Waals surface area contributed by atoms with Crippen molar-refractivity contribution in [3.05, 3.63) is 53.6 Å². The summed E-state index contributed by atoms with van der Waals surface area (Å²) in [7, 11) is 0. The Morgan fingerprint density at radius 1 is 1.19 bits per heavy atom.